The van der Waals surface area contributed by atoms with Crippen molar-refractivity contribution in [1.82, 2.24) is 9.47 Å². The highest BCUT2D eigenvalue weighted by molar-refractivity contribution is 5.88. The number of fused-ring (bicyclic) bond motifs is 1. The van der Waals surface area contributed by atoms with Crippen molar-refractivity contribution < 1.29 is 14.1 Å². The number of benzene rings is 3. The van der Waals surface area contributed by atoms with Gasteiger partial charge in [-0.15, -0.1) is 0 Å². The van der Waals surface area contributed by atoms with E-state index in [0.717, 1.165) is 42.6 Å². The molecule has 4 aromatic rings. The normalized spacial score (nSPS) is 14.4. The first-order chi connectivity index (χ1) is 17.0. The fraction of sp³-hybridized carbons (Fsp3) is 0.250. The molecule has 0 saturated carbocycles. The summed E-state index contributed by atoms with van der Waals surface area (Å²) in [5.74, 6) is -0.786. The third-order valence-electron chi connectivity index (χ3n) is 6.77. The number of carbonyl (C=O) groups is 1. The largest absolute Gasteiger partial charge is 0.343 e. The lowest BCUT2D eigenvalue weighted by molar-refractivity contribution is -0.384. The molecule has 0 radical (unpaired) electrons. The van der Waals surface area contributed by atoms with E-state index in [1.165, 1.54) is 18.2 Å². The summed E-state index contributed by atoms with van der Waals surface area (Å²) >= 11 is 0. The number of likely N-dealkylation sites (tertiary alicyclic amines) is 1. The summed E-state index contributed by atoms with van der Waals surface area (Å²) in [5, 5.41) is 12.3. The fourth-order valence-electron chi connectivity index (χ4n) is 5.02. The minimum atomic E-state index is -0.430. The predicted octanol–water partition coefficient (Wildman–Crippen LogP) is 5.88. The molecule has 1 aromatic heterocycles. The molecule has 5 rings (SSSR count). The van der Waals surface area contributed by atoms with Gasteiger partial charge in [-0.3, -0.25) is 14.9 Å². The van der Waals surface area contributed by atoms with Gasteiger partial charge >= 0.3 is 0 Å². The summed E-state index contributed by atoms with van der Waals surface area (Å²) in [5.41, 5.74) is 3.38. The van der Waals surface area contributed by atoms with Crippen LogP contribution in [0.1, 0.15) is 41.9 Å². The predicted molar refractivity (Wildman–Crippen MR) is 133 cm³/mol. The molecule has 1 saturated heterocycles. The number of nitro groups is 1. The van der Waals surface area contributed by atoms with Crippen molar-refractivity contribution >= 4 is 22.5 Å². The van der Waals surface area contributed by atoms with Gasteiger partial charge in [0, 0.05) is 61.2 Å². The smallest absolute Gasteiger partial charge is 0.270 e. The van der Waals surface area contributed by atoms with Gasteiger partial charge in [0.2, 0.25) is 5.91 Å². The average molecular weight is 472 g/mol. The number of halogens is 1. The SMILES string of the molecule is O=C(CC(c1cccc(F)c1)c1cn(Cc2ccccc2)c2ccc([N+](=O)[O-])cc12)N1CCCC1. The van der Waals surface area contributed by atoms with Crippen LogP contribution in [0.4, 0.5) is 10.1 Å². The summed E-state index contributed by atoms with van der Waals surface area (Å²) in [6.45, 7) is 2.04. The molecule has 1 amide bonds. The van der Waals surface area contributed by atoms with Crippen LogP contribution in [-0.2, 0) is 11.3 Å². The van der Waals surface area contributed by atoms with Crippen molar-refractivity contribution in [2.45, 2.75) is 31.7 Å². The van der Waals surface area contributed by atoms with E-state index >= 15 is 0 Å². The molecular formula is C28H26FN3O3. The summed E-state index contributed by atoms with van der Waals surface area (Å²) in [4.78, 5) is 26.2. The Hall–Kier alpha value is -4.00. The van der Waals surface area contributed by atoms with E-state index in [9.17, 15) is 19.3 Å². The van der Waals surface area contributed by atoms with E-state index in [-0.39, 0.29) is 23.8 Å². The van der Waals surface area contributed by atoms with Crippen LogP contribution in [0.2, 0.25) is 0 Å². The van der Waals surface area contributed by atoms with Crippen LogP contribution in [0.25, 0.3) is 10.9 Å². The molecule has 178 valence electrons. The van der Waals surface area contributed by atoms with E-state index in [1.54, 1.807) is 18.2 Å². The van der Waals surface area contributed by atoms with Crippen LogP contribution < -0.4 is 0 Å². The van der Waals surface area contributed by atoms with Crippen LogP contribution in [0, 0.1) is 15.9 Å². The number of nitro benzene ring substituents is 1. The zero-order chi connectivity index (χ0) is 24.4. The minimum Gasteiger partial charge on any atom is -0.343 e. The lowest BCUT2D eigenvalue weighted by Gasteiger charge is -2.21. The molecule has 0 N–H and O–H groups in total. The number of hydrogen-bond acceptors (Lipinski definition) is 3. The highest BCUT2D eigenvalue weighted by Crippen LogP contribution is 2.37. The van der Waals surface area contributed by atoms with Crippen molar-refractivity contribution in [1.29, 1.82) is 0 Å². The second kappa shape index (κ2) is 9.70. The fourth-order valence-corrected chi connectivity index (χ4v) is 5.02. The third kappa shape index (κ3) is 4.80. The maximum Gasteiger partial charge on any atom is 0.270 e. The van der Waals surface area contributed by atoms with Crippen LogP contribution in [0.3, 0.4) is 0 Å². The lowest BCUT2D eigenvalue weighted by atomic mass is 9.87. The Balaban J connectivity index is 1.65. The quantitative estimate of drug-likeness (QED) is 0.250. The molecule has 3 aromatic carbocycles. The summed E-state index contributed by atoms with van der Waals surface area (Å²) < 4.78 is 16.3. The van der Waals surface area contributed by atoms with Gasteiger partial charge in [0.25, 0.3) is 5.69 Å². The second-order valence-corrected chi connectivity index (χ2v) is 9.06. The van der Waals surface area contributed by atoms with Gasteiger partial charge in [0.05, 0.1) is 4.92 Å². The first kappa shape index (κ1) is 22.8. The van der Waals surface area contributed by atoms with Crippen molar-refractivity contribution in [2.75, 3.05) is 13.1 Å². The molecule has 1 aliphatic heterocycles. The van der Waals surface area contributed by atoms with E-state index in [4.69, 9.17) is 0 Å². The van der Waals surface area contributed by atoms with Gasteiger partial charge in [0.15, 0.2) is 0 Å². The van der Waals surface area contributed by atoms with E-state index in [0.29, 0.717) is 17.5 Å². The van der Waals surface area contributed by atoms with Gasteiger partial charge in [0.1, 0.15) is 5.82 Å². The topological polar surface area (TPSA) is 68.4 Å². The number of hydrogen-bond donors (Lipinski definition) is 0. The third-order valence-corrected chi connectivity index (χ3v) is 6.77. The molecule has 1 aliphatic rings. The Kier molecular flexibility index (Phi) is 6.31. The monoisotopic (exact) mass is 471 g/mol. The van der Waals surface area contributed by atoms with Gasteiger partial charge < -0.3 is 9.47 Å². The minimum absolute atomic E-state index is 0.0138. The molecular weight excluding hydrogens is 445 g/mol. The second-order valence-electron chi connectivity index (χ2n) is 9.06. The molecule has 7 heteroatoms. The number of amides is 1. The lowest BCUT2D eigenvalue weighted by Crippen LogP contribution is -2.29. The zero-order valence-corrected chi connectivity index (χ0v) is 19.3. The summed E-state index contributed by atoms with van der Waals surface area (Å²) in [6, 6.07) is 21.1. The van der Waals surface area contributed by atoms with Gasteiger partial charge in [-0.05, 0) is 47.7 Å². The average Bonchev–Trinajstić information content (AvgIpc) is 3.52. The van der Waals surface area contributed by atoms with Crippen molar-refractivity contribution in [3.63, 3.8) is 0 Å². The van der Waals surface area contributed by atoms with Gasteiger partial charge in [-0.1, -0.05) is 42.5 Å². The van der Waals surface area contributed by atoms with E-state index in [2.05, 4.69) is 4.57 Å². The molecule has 0 aliphatic carbocycles. The maximum atomic E-state index is 14.3. The van der Waals surface area contributed by atoms with Crippen molar-refractivity contribution in [3.8, 4) is 0 Å². The molecule has 1 unspecified atom stereocenters. The Bertz CT molecular complexity index is 1380. The molecule has 2 heterocycles. The summed E-state index contributed by atoms with van der Waals surface area (Å²) in [7, 11) is 0. The number of nitrogens with zero attached hydrogens (tertiary/aromatic N) is 3. The molecule has 1 atom stereocenters. The summed E-state index contributed by atoms with van der Waals surface area (Å²) in [6.07, 6.45) is 4.11. The number of rotatable bonds is 7. The van der Waals surface area contributed by atoms with Gasteiger partial charge in [-0.25, -0.2) is 4.39 Å². The standard InChI is InChI=1S/C28H26FN3O3/c29-22-10-6-9-21(15-22)24(17-28(33)30-13-4-5-14-30)26-19-31(18-20-7-2-1-3-8-20)27-12-11-23(32(34)35)16-25(26)27/h1-3,6-12,15-16,19,24H,4-5,13-14,17-18H2. The van der Waals surface area contributed by atoms with Crippen LogP contribution in [0.5, 0.6) is 0 Å². The van der Waals surface area contributed by atoms with Crippen molar-refractivity contribution in [2.24, 2.45) is 0 Å². The first-order valence-electron chi connectivity index (χ1n) is 11.8. The van der Waals surface area contributed by atoms with E-state index < -0.39 is 10.8 Å². The Morgan fingerprint density at radius 1 is 1.00 bits per heavy atom. The van der Waals surface area contributed by atoms with E-state index in [1.807, 2.05) is 47.5 Å². The number of aromatic nitrogens is 1. The van der Waals surface area contributed by atoms with Crippen molar-refractivity contribution in [3.05, 3.63) is 112 Å². The zero-order valence-electron chi connectivity index (χ0n) is 19.3. The highest BCUT2D eigenvalue weighted by atomic mass is 19.1. The molecule has 0 spiro atoms. The van der Waals surface area contributed by atoms with Crippen LogP contribution >= 0.6 is 0 Å². The maximum absolute atomic E-state index is 14.3. The molecule has 0 bridgehead atoms. The van der Waals surface area contributed by atoms with Crippen LogP contribution in [-0.4, -0.2) is 33.4 Å². The Morgan fingerprint density at radius 2 is 1.77 bits per heavy atom. The Morgan fingerprint density at radius 3 is 2.49 bits per heavy atom. The Labute approximate surface area is 202 Å². The molecule has 35 heavy (non-hydrogen) atoms. The number of carbonyl (C=O) groups excluding carboxylic acids is 1. The highest BCUT2D eigenvalue weighted by Gasteiger charge is 2.27. The molecule has 6 nitrogen and oxygen atoms in total. The first-order valence-corrected chi connectivity index (χ1v) is 11.8. The van der Waals surface area contributed by atoms with Gasteiger partial charge in [-0.2, -0.15) is 0 Å². The number of non-ortho nitro benzene ring substituents is 1. The molecule has 1 fully saturated rings. The van der Waals surface area contributed by atoms with Crippen LogP contribution in [0.15, 0.2) is 79.0 Å².